The molecule has 1 saturated heterocycles. The van der Waals surface area contributed by atoms with Crippen molar-refractivity contribution in [1.29, 1.82) is 0 Å². The van der Waals surface area contributed by atoms with Gasteiger partial charge in [0.15, 0.2) is 5.11 Å². The van der Waals surface area contributed by atoms with Crippen molar-refractivity contribution in [1.82, 2.24) is 10.6 Å². The van der Waals surface area contributed by atoms with E-state index >= 15 is 0 Å². The molecule has 1 heterocycles. The fourth-order valence-corrected chi connectivity index (χ4v) is 1.73. The molecule has 13 heavy (non-hydrogen) atoms. The molecule has 1 rings (SSSR count). The van der Waals surface area contributed by atoms with Gasteiger partial charge in [-0.25, -0.2) is 0 Å². The first-order valence-corrected chi connectivity index (χ1v) is 5.24. The third-order valence-corrected chi connectivity index (χ3v) is 2.21. The molecule has 1 aliphatic heterocycles. The average Bonchev–Trinajstić information content (AvgIpc) is 2.04. The van der Waals surface area contributed by atoms with Gasteiger partial charge >= 0.3 is 0 Å². The molecular formula is C9H18N2OS. The highest BCUT2D eigenvalue weighted by atomic mass is 32.1. The van der Waals surface area contributed by atoms with Crippen molar-refractivity contribution in [3.63, 3.8) is 0 Å². The molecular weight excluding hydrogens is 184 g/mol. The Morgan fingerprint density at radius 2 is 2.00 bits per heavy atom. The van der Waals surface area contributed by atoms with Crippen LogP contribution in [0, 0.1) is 0 Å². The molecule has 0 radical (unpaired) electrons. The SMILES string of the molecule is CC(C)NC(=S)NC1CCOCC1. The minimum absolute atomic E-state index is 0.403. The Hall–Kier alpha value is -0.350. The summed E-state index contributed by atoms with van der Waals surface area (Å²) >= 11 is 5.15. The maximum atomic E-state index is 5.26. The number of rotatable bonds is 2. The molecule has 0 saturated carbocycles. The van der Waals surface area contributed by atoms with E-state index in [0.717, 1.165) is 31.2 Å². The zero-order valence-electron chi connectivity index (χ0n) is 8.30. The van der Waals surface area contributed by atoms with Gasteiger partial charge < -0.3 is 15.4 Å². The molecule has 0 amide bonds. The van der Waals surface area contributed by atoms with Gasteiger partial charge in [-0.3, -0.25) is 0 Å². The van der Waals surface area contributed by atoms with Crippen molar-refractivity contribution >= 4 is 17.3 Å². The molecule has 1 fully saturated rings. The van der Waals surface area contributed by atoms with Crippen LogP contribution >= 0.6 is 12.2 Å². The summed E-state index contributed by atoms with van der Waals surface area (Å²) in [4.78, 5) is 0. The third kappa shape index (κ3) is 4.43. The smallest absolute Gasteiger partial charge is 0.166 e. The van der Waals surface area contributed by atoms with Crippen molar-refractivity contribution in [3.05, 3.63) is 0 Å². The van der Waals surface area contributed by atoms with E-state index < -0.39 is 0 Å². The van der Waals surface area contributed by atoms with Crippen LogP contribution in [0.15, 0.2) is 0 Å². The number of nitrogens with one attached hydrogen (secondary N) is 2. The van der Waals surface area contributed by atoms with Gasteiger partial charge in [-0.05, 0) is 38.9 Å². The lowest BCUT2D eigenvalue weighted by atomic mass is 10.1. The number of thiocarbonyl (C=S) groups is 1. The normalized spacial score (nSPS) is 18.7. The van der Waals surface area contributed by atoms with Gasteiger partial charge in [-0.2, -0.15) is 0 Å². The van der Waals surface area contributed by atoms with Crippen LogP contribution in [0.5, 0.6) is 0 Å². The van der Waals surface area contributed by atoms with Gasteiger partial charge in [0.2, 0.25) is 0 Å². The topological polar surface area (TPSA) is 33.3 Å². The van der Waals surface area contributed by atoms with Gasteiger partial charge in [0.1, 0.15) is 0 Å². The molecule has 4 heteroatoms. The predicted molar refractivity (Wildman–Crippen MR) is 57.8 cm³/mol. The van der Waals surface area contributed by atoms with Gasteiger partial charge in [0.25, 0.3) is 0 Å². The quantitative estimate of drug-likeness (QED) is 0.656. The van der Waals surface area contributed by atoms with E-state index in [1.807, 2.05) is 0 Å². The highest BCUT2D eigenvalue weighted by Gasteiger charge is 2.14. The van der Waals surface area contributed by atoms with Gasteiger partial charge in [0.05, 0.1) is 0 Å². The summed E-state index contributed by atoms with van der Waals surface area (Å²) in [5, 5.41) is 7.23. The molecule has 76 valence electrons. The van der Waals surface area contributed by atoms with Crippen LogP contribution in [-0.4, -0.2) is 30.4 Å². The molecule has 0 unspecified atom stereocenters. The Balaban J connectivity index is 2.18. The molecule has 0 aromatic rings. The van der Waals surface area contributed by atoms with Crippen molar-refractivity contribution in [2.45, 2.75) is 38.8 Å². The van der Waals surface area contributed by atoms with Crippen LogP contribution in [0.1, 0.15) is 26.7 Å². The maximum absolute atomic E-state index is 5.26. The number of hydrogen-bond donors (Lipinski definition) is 2. The minimum atomic E-state index is 0.403. The summed E-state index contributed by atoms with van der Waals surface area (Å²) in [5.74, 6) is 0. The standard InChI is InChI=1S/C9H18N2OS/c1-7(2)10-9(13)11-8-3-5-12-6-4-8/h7-8H,3-6H2,1-2H3,(H2,10,11,13). The van der Waals surface area contributed by atoms with Gasteiger partial charge in [0, 0.05) is 25.3 Å². The first kappa shape index (κ1) is 10.7. The molecule has 1 aliphatic rings. The van der Waals surface area contributed by atoms with E-state index in [-0.39, 0.29) is 0 Å². The summed E-state index contributed by atoms with van der Waals surface area (Å²) in [6, 6.07) is 0.896. The summed E-state index contributed by atoms with van der Waals surface area (Å²) in [7, 11) is 0. The van der Waals surface area contributed by atoms with Crippen molar-refractivity contribution in [2.24, 2.45) is 0 Å². The van der Waals surface area contributed by atoms with Crippen LogP contribution in [-0.2, 0) is 4.74 Å². The first-order chi connectivity index (χ1) is 6.18. The van der Waals surface area contributed by atoms with Gasteiger partial charge in [-0.15, -0.1) is 0 Å². The van der Waals surface area contributed by atoms with E-state index in [1.165, 1.54) is 0 Å². The van der Waals surface area contributed by atoms with Crippen molar-refractivity contribution < 1.29 is 4.74 Å². The second-order valence-corrected chi connectivity index (χ2v) is 4.07. The lowest BCUT2D eigenvalue weighted by molar-refractivity contribution is 0.0824. The second-order valence-electron chi connectivity index (χ2n) is 3.66. The highest BCUT2D eigenvalue weighted by molar-refractivity contribution is 7.80. The van der Waals surface area contributed by atoms with Crippen LogP contribution < -0.4 is 10.6 Å². The summed E-state index contributed by atoms with van der Waals surface area (Å²) in [6.45, 7) is 5.86. The number of ether oxygens (including phenoxy) is 1. The van der Waals surface area contributed by atoms with E-state index in [2.05, 4.69) is 24.5 Å². The maximum Gasteiger partial charge on any atom is 0.166 e. The highest BCUT2D eigenvalue weighted by Crippen LogP contribution is 2.05. The molecule has 2 N–H and O–H groups in total. The van der Waals surface area contributed by atoms with E-state index in [9.17, 15) is 0 Å². The van der Waals surface area contributed by atoms with Crippen LogP contribution in [0.3, 0.4) is 0 Å². The lowest BCUT2D eigenvalue weighted by Gasteiger charge is -2.25. The third-order valence-electron chi connectivity index (χ3n) is 1.98. The fraction of sp³-hybridized carbons (Fsp3) is 0.889. The number of hydrogen-bond acceptors (Lipinski definition) is 2. The molecule has 0 aliphatic carbocycles. The van der Waals surface area contributed by atoms with E-state index in [4.69, 9.17) is 17.0 Å². The van der Waals surface area contributed by atoms with Gasteiger partial charge in [-0.1, -0.05) is 0 Å². The largest absolute Gasteiger partial charge is 0.381 e. The Labute approximate surface area is 85.2 Å². The Morgan fingerprint density at radius 3 is 2.54 bits per heavy atom. The zero-order chi connectivity index (χ0) is 9.68. The van der Waals surface area contributed by atoms with E-state index in [1.54, 1.807) is 0 Å². The lowest BCUT2D eigenvalue weighted by Crippen LogP contribution is -2.46. The Bertz CT molecular complexity index is 167. The summed E-state index contributed by atoms with van der Waals surface area (Å²) in [5.41, 5.74) is 0. The summed E-state index contributed by atoms with van der Waals surface area (Å²) in [6.07, 6.45) is 2.11. The fourth-order valence-electron chi connectivity index (χ4n) is 1.33. The zero-order valence-corrected chi connectivity index (χ0v) is 9.12. The monoisotopic (exact) mass is 202 g/mol. The molecule has 0 aromatic carbocycles. The molecule has 3 nitrogen and oxygen atoms in total. The van der Waals surface area contributed by atoms with Crippen LogP contribution in [0.25, 0.3) is 0 Å². The molecule has 0 aromatic heterocycles. The van der Waals surface area contributed by atoms with Crippen LogP contribution in [0.2, 0.25) is 0 Å². The minimum Gasteiger partial charge on any atom is -0.381 e. The second kappa shape index (κ2) is 5.40. The van der Waals surface area contributed by atoms with Crippen molar-refractivity contribution in [2.75, 3.05) is 13.2 Å². The van der Waals surface area contributed by atoms with Crippen molar-refractivity contribution in [3.8, 4) is 0 Å². The molecule has 0 atom stereocenters. The van der Waals surface area contributed by atoms with E-state index in [0.29, 0.717) is 12.1 Å². The molecule has 0 bridgehead atoms. The Kier molecular flexibility index (Phi) is 4.45. The first-order valence-electron chi connectivity index (χ1n) is 4.83. The predicted octanol–water partition coefficient (Wildman–Crippen LogP) is 1.04. The Morgan fingerprint density at radius 1 is 1.38 bits per heavy atom. The van der Waals surface area contributed by atoms with Crippen LogP contribution in [0.4, 0.5) is 0 Å². The average molecular weight is 202 g/mol. The molecule has 0 spiro atoms. The summed E-state index contributed by atoms with van der Waals surface area (Å²) < 4.78 is 5.26.